The van der Waals surface area contributed by atoms with Crippen molar-refractivity contribution in [3.63, 3.8) is 0 Å². The Kier molecular flexibility index (Phi) is 7.28. The van der Waals surface area contributed by atoms with E-state index in [1.54, 1.807) is 48.9 Å². The molecule has 0 spiro atoms. The molecule has 10 nitrogen and oxygen atoms in total. The van der Waals surface area contributed by atoms with Gasteiger partial charge in [-0.15, -0.1) is 0 Å². The highest BCUT2D eigenvalue weighted by Gasteiger charge is 2.20. The number of hydrogen-bond donors (Lipinski definition) is 1. The Balaban J connectivity index is 2.00. The van der Waals surface area contributed by atoms with Crippen molar-refractivity contribution in [2.24, 2.45) is 0 Å². The molecule has 1 amide bonds. The van der Waals surface area contributed by atoms with Gasteiger partial charge in [-0.25, -0.2) is 4.98 Å². The van der Waals surface area contributed by atoms with Gasteiger partial charge in [0, 0.05) is 24.2 Å². The van der Waals surface area contributed by atoms with Crippen LogP contribution in [-0.2, 0) is 4.79 Å². The number of ether oxygens (including phenoxy) is 6. The molecule has 4 rings (SSSR count). The molecule has 194 valence electrons. The number of nitrogens with one attached hydrogen (secondary N) is 1. The molecule has 37 heavy (non-hydrogen) atoms. The number of hydrogen-bond acceptors (Lipinski definition) is 8. The lowest BCUT2D eigenvalue weighted by Gasteiger charge is -2.16. The summed E-state index contributed by atoms with van der Waals surface area (Å²) >= 11 is 0. The fourth-order valence-corrected chi connectivity index (χ4v) is 4.22. The van der Waals surface area contributed by atoms with E-state index in [4.69, 9.17) is 28.4 Å². The van der Waals surface area contributed by atoms with E-state index in [0.29, 0.717) is 45.8 Å². The highest BCUT2D eigenvalue weighted by atomic mass is 16.5. The summed E-state index contributed by atoms with van der Waals surface area (Å²) in [5, 5.41) is 2.89. The fraction of sp³-hybridized carbons (Fsp3) is 0.259. The first-order valence-corrected chi connectivity index (χ1v) is 11.3. The summed E-state index contributed by atoms with van der Waals surface area (Å²) in [5.41, 5.74) is 4.19. The predicted octanol–water partition coefficient (Wildman–Crippen LogP) is 4.68. The van der Waals surface area contributed by atoms with Crippen molar-refractivity contribution in [1.29, 1.82) is 0 Å². The van der Waals surface area contributed by atoms with Crippen molar-refractivity contribution >= 4 is 17.2 Å². The van der Waals surface area contributed by atoms with Crippen LogP contribution in [0.2, 0.25) is 0 Å². The minimum atomic E-state index is -0.221. The Morgan fingerprint density at radius 1 is 0.703 bits per heavy atom. The number of amides is 1. The van der Waals surface area contributed by atoms with Crippen LogP contribution < -0.4 is 33.7 Å². The molecule has 4 aromatic rings. The summed E-state index contributed by atoms with van der Waals surface area (Å²) < 4.78 is 35.0. The van der Waals surface area contributed by atoms with Crippen molar-refractivity contribution in [2.75, 3.05) is 48.0 Å². The van der Waals surface area contributed by atoms with Gasteiger partial charge in [-0.2, -0.15) is 0 Å². The number of rotatable bonds is 9. The van der Waals surface area contributed by atoms with Gasteiger partial charge >= 0.3 is 0 Å². The Morgan fingerprint density at radius 3 is 1.62 bits per heavy atom. The number of pyridine rings is 1. The van der Waals surface area contributed by atoms with Gasteiger partial charge in [-0.3, -0.25) is 9.20 Å². The Hall–Kier alpha value is -4.60. The summed E-state index contributed by atoms with van der Waals surface area (Å²) in [7, 11) is 9.35. The standard InChI is InChI=1S/C27H29N3O7/c1-15(31)29-19-8-18(16-9-21(32-2)25(36-6)22(10-16)33-3)14-30-20(13-28-27(19)30)17-11-23(34-4)26(37-7)24(12-17)35-5/h8-14H,1-7H3,(H,29,31). The first kappa shape index (κ1) is 25.5. The van der Waals surface area contributed by atoms with Gasteiger partial charge in [0.15, 0.2) is 28.6 Å². The monoisotopic (exact) mass is 507 g/mol. The average molecular weight is 508 g/mol. The van der Waals surface area contributed by atoms with Gasteiger partial charge < -0.3 is 33.7 Å². The lowest BCUT2D eigenvalue weighted by Crippen LogP contribution is -2.08. The van der Waals surface area contributed by atoms with Crippen LogP contribution in [0.25, 0.3) is 28.0 Å². The highest BCUT2D eigenvalue weighted by Crippen LogP contribution is 2.44. The van der Waals surface area contributed by atoms with Crippen molar-refractivity contribution in [2.45, 2.75) is 6.92 Å². The first-order valence-electron chi connectivity index (χ1n) is 11.3. The van der Waals surface area contributed by atoms with Crippen molar-refractivity contribution in [3.8, 4) is 56.9 Å². The maximum absolute atomic E-state index is 12.1. The normalized spacial score (nSPS) is 10.7. The zero-order valence-electron chi connectivity index (χ0n) is 21.8. The number of carbonyl (C=O) groups excluding carboxylic acids is 1. The van der Waals surface area contributed by atoms with E-state index in [1.165, 1.54) is 6.92 Å². The molecule has 0 aliphatic heterocycles. The number of fused-ring (bicyclic) bond motifs is 1. The van der Waals surface area contributed by atoms with Gasteiger partial charge in [-0.1, -0.05) is 0 Å². The summed E-state index contributed by atoms with van der Waals surface area (Å²) in [6, 6.07) is 9.22. The van der Waals surface area contributed by atoms with Crippen LogP contribution in [0, 0.1) is 0 Å². The highest BCUT2D eigenvalue weighted by molar-refractivity contribution is 5.94. The Morgan fingerprint density at radius 2 is 1.19 bits per heavy atom. The van der Waals surface area contributed by atoms with E-state index in [-0.39, 0.29) is 5.91 Å². The molecule has 1 N–H and O–H groups in total. The molecule has 2 aromatic carbocycles. The molecule has 0 radical (unpaired) electrons. The lowest BCUT2D eigenvalue weighted by atomic mass is 10.0. The van der Waals surface area contributed by atoms with Gasteiger partial charge in [-0.05, 0) is 35.9 Å². The largest absolute Gasteiger partial charge is 0.493 e. The van der Waals surface area contributed by atoms with Crippen LogP contribution in [0.5, 0.6) is 34.5 Å². The van der Waals surface area contributed by atoms with E-state index >= 15 is 0 Å². The number of anilines is 1. The molecule has 10 heteroatoms. The molecule has 0 fully saturated rings. The number of carbonyl (C=O) groups is 1. The van der Waals surface area contributed by atoms with Crippen molar-refractivity contribution in [3.05, 3.63) is 42.7 Å². The summed E-state index contributed by atoms with van der Waals surface area (Å²) in [5.74, 6) is 2.78. The number of nitrogens with zero attached hydrogens (tertiary/aromatic N) is 2. The number of benzene rings is 2. The van der Waals surface area contributed by atoms with E-state index in [9.17, 15) is 4.79 Å². The summed E-state index contributed by atoms with van der Waals surface area (Å²) in [6.07, 6.45) is 3.65. The zero-order valence-corrected chi connectivity index (χ0v) is 21.8. The Labute approximate surface area is 214 Å². The van der Waals surface area contributed by atoms with E-state index < -0.39 is 0 Å². The molecule has 0 unspecified atom stereocenters. The molecular weight excluding hydrogens is 478 g/mol. The summed E-state index contributed by atoms with van der Waals surface area (Å²) in [6.45, 7) is 1.45. The second-order valence-electron chi connectivity index (χ2n) is 7.99. The van der Waals surface area contributed by atoms with Crippen LogP contribution in [0.3, 0.4) is 0 Å². The number of imidazole rings is 1. The van der Waals surface area contributed by atoms with Gasteiger partial charge in [0.1, 0.15) is 0 Å². The molecule has 0 aliphatic carbocycles. The summed E-state index contributed by atoms with van der Waals surface area (Å²) in [4.78, 5) is 16.6. The lowest BCUT2D eigenvalue weighted by molar-refractivity contribution is -0.114. The minimum absolute atomic E-state index is 0.221. The molecule has 2 aromatic heterocycles. The number of methoxy groups -OCH3 is 6. The topological polar surface area (TPSA) is 102 Å². The van der Waals surface area contributed by atoms with Crippen LogP contribution >= 0.6 is 0 Å². The second kappa shape index (κ2) is 10.6. The molecule has 0 saturated carbocycles. The van der Waals surface area contributed by atoms with Gasteiger partial charge in [0.05, 0.1) is 60.2 Å². The maximum atomic E-state index is 12.1. The predicted molar refractivity (Wildman–Crippen MR) is 140 cm³/mol. The average Bonchev–Trinajstić information content (AvgIpc) is 3.35. The SMILES string of the molecule is COc1cc(-c2cc(NC(C)=O)c3ncc(-c4cc(OC)c(OC)c(OC)c4)n3c2)cc(OC)c1OC. The molecule has 0 bridgehead atoms. The minimum Gasteiger partial charge on any atom is -0.493 e. The molecule has 2 heterocycles. The maximum Gasteiger partial charge on any atom is 0.221 e. The van der Waals surface area contributed by atoms with Gasteiger partial charge in [0.25, 0.3) is 0 Å². The van der Waals surface area contributed by atoms with Crippen LogP contribution in [0.4, 0.5) is 5.69 Å². The molecule has 0 saturated heterocycles. The Bertz CT molecular complexity index is 1410. The van der Waals surface area contributed by atoms with Crippen LogP contribution in [-0.4, -0.2) is 58.0 Å². The third-order valence-electron chi connectivity index (χ3n) is 5.88. The van der Waals surface area contributed by atoms with Crippen molar-refractivity contribution in [1.82, 2.24) is 9.38 Å². The van der Waals surface area contributed by atoms with Crippen LogP contribution in [0.1, 0.15) is 6.92 Å². The zero-order chi connectivity index (χ0) is 26.7. The molecule has 0 aliphatic rings. The molecular formula is C27H29N3O7. The number of aromatic nitrogens is 2. The smallest absolute Gasteiger partial charge is 0.221 e. The van der Waals surface area contributed by atoms with E-state index in [0.717, 1.165) is 22.4 Å². The van der Waals surface area contributed by atoms with Crippen molar-refractivity contribution < 1.29 is 33.2 Å². The van der Waals surface area contributed by atoms with Gasteiger partial charge in [0.2, 0.25) is 17.4 Å². The second-order valence-corrected chi connectivity index (χ2v) is 7.99. The van der Waals surface area contributed by atoms with E-state index in [1.807, 2.05) is 40.9 Å². The quantitative estimate of drug-likeness (QED) is 0.349. The van der Waals surface area contributed by atoms with E-state index in [2.05, 4.69) is 10.3 Å². The third kappa shape index (κ3) is 4.65. The molecule has 0 atom stereocenters. The third-order valence-corrected chi connectivity index (χ3v) is 5.88. The fourth-order valence-electron chi connectivity index (χ4n) is 4.22. The first-order chi connectivity index (χ1) is 17.9. The van der Waals surface area contributed by atoms with Crippen LogP contribution in [0.15, 0.2) is 42.7 Å².